The van der Waals surface area contributed by atoms with Gasteiger partial charge in [-0.05, 0) is 25.5 Å². The summed E-state index contributed by atoms with van der Waals surface area (Å²) >= 11 is 5.74. The highest BCUT2D eigenvalue weighted by Crippen LogP contribution is 2.30. The molecule has 0 heterocycles. The summed E-state index contributed by atoms with van der Waals surface area (Å²) in [5.74, 6) is -0.377. The van der Waals surface area contributed by atoms with Crippen LogP contribution >= 0.6 is 11.6 Å². The van der Waals surface area contributed by atoms with Crippen molar-refractivity contribution in [3.05, 3.63) is 32.8 Å². The third-order valence-corrected chi connectivity index (χ3v) is 2.46. The summed E-state index contributed by atoms with van der Waals surface area (Å²) in [4.78, 5) is 21.4. The van der Waals surface area contributed by atoms with E-state index in [4.69, 9.17) is 17.3 Å². The molecule has 1 unspecified atom stereocenters. The maximum Gasteiger partial charge on any atom is 0.288 e. The Hall–Kier alpha value is -1.66. The lowest BCUT2D eigenvalue weighted by atomic mass is 10.1. The number of aryl methyl sites for hydroxylation is 1. The lowest BCUT2D eigenvalue weighted by Gasteiger charge is -2.10. The maximum atomic E-state index is 11.4. The molecule has 1 aromatic carbocycles. The van der Waals surface area contributed by atoms with Gasteiger partial charge < -0.3 is 11.1 Å². The molecule has 0 aliphatic rings. The van der Waals surface area contributed by atoms with Gasteiger partial charge in [0.15, 0.2) is 0 Å². The number of carbonyl (C=O) groups is 1. The van der Waals surface area contributed by atoms with Crippen molar-refractivity contribution in [1.29, 1.82) is 0 Å². The van der Waals surface area contributed by atoms with E-state index in [-0.39, 0.29) is 16.6 Å². The molecule has 0 spiro atoms. The Morgan fingerprint density at radius 2 is 2.18 bits per heavy atom. The first kappa shape index (κ1) is 13.4. The summed E-state index contributed by atoms with van der Waals surface area (Å²) in [6.07, 6.45) is 0. The van der Waals surface area contributed by atoms with Gasteiger partial charge in [0, 0.05) is 11.8 Å². The zero-order chi connectivity index (χ0) is 13.2. The number of nitrogens with zero attached hydrogens (tertiary/aromatic N) is 1. The molecule has 92 valence electrons. The van der Waals surface area contributed by atoms with E-state index in [0.29, 0.717) is 11.3 Å². The second-order valence-corrected chi connectivity index (χ2v) is 4.06. The molecule has 17 heavy (non-hydrogen) atoms. The number of amides is 1. The number of nitrogens with two attached hydrogens (primary N) is 1. The first-order valence-electron chi connectivity index (χ1n) is 4.84. The standard InChI is InChI=1S/C10H12ClN3O3/c1-5-3-9(14(16)17)7(11)4-8(5)13-10(15)6(2)12/h3-4,6H,12H2,1-2H3,(H,13,15). The van der Waals surface area contributed by atoms with Crippen molar-refractivity contribution in [1.82, 2.24) is 0 Å². The van der Waals surface area contributed by atoms with Crippen LogP contribution in [-0.4, -0.2) is 16.9 Å². The number of carbonyl (C=O) groups excluding carboxylic acids is 1. The van der Waals surface area contributed by atoms with E-state index in [9.17, 15) is 14.9 Å². The molecule has 0 radical (unpaired) electrons. The van der Waals surface area contributed by atoms with Crippen LogP contribution in [0.1, 0.15) is 12.5 Å². The number of nitro benzene ring substituents is 1. The molecule has 7 heteroatoms. The molecule has 0 fully saturated rings. The highest BCUT2D eigenvalue weighted by Gasteiger charge is 2.16. The average Bonchev–Trinajstić information content (AvgIpc) is 2.22. The van der Waals surface area contributed by atoms with Crippen LogP contribution in [0, 0.1) is 17.0 Å². The molecule has 0 aromatic heterocycles. The topological polar surface area (TPSA) is 98.3 Å². The molecule has 6 nitrogen and oxygen atoms in total. The van der Waals surface area contributed by atoms with Crippen molar-refractivity contribution >= 4 is 28.9 Å². The van der Waals surface area contributed by atoms with Gasteiger partial charge >= 0.3 is 0 Å². The summed E-state index contributed by atoms with van der Waals surface area (Å²) in [6, 6.07) is 1.98. The molecule has 0 aliphatic heterocycles. The smallest absolute Gasteiger partial charge is 0.288 e. The summed E-state index contributed by atoms with van der Waals surface area (Å²) in [7, 11) is 0. The lowest BCUT2D eigenvalue weighted by molar-refractivity contribution is -0.384. The van der Waals surface area contributed by atoms with E-state index >= 15 is 0 Å². The van der Waals surface area contributed by atoms with E-state index < -0.39 is 11.0 Å². The Morgan fingerprint density at radius 1 is 1.59 bits per heavy atom. The first-order chi connectivity index (χ1) is 7.82. The van der Waals surface area contributed by atoms with Crippen LogP contribution < -0.4 is 11.1 Å². The molecule has 1 rings (SSSR count). The van der Waals surface area contributed by atoms with Crippen molar-refractivity contribution in [2.75, 3.05) is 5.32 Å². The Kier molecular flexibility index (Phi) is 4.03. The highest BCUT2D eigenvalue weighted by atomic mass is 35.5. The van der Waals surface area contributed by atoms with Gasteiger partial charge in [0.25, 0.3) is 5.69 Å². The van der Waals surface area contributed by atoms with Crippen molar-refractivity contribution in [3.63, 3.8) is 0 Å². The predicted octanol–water partition coefficient (Wildman–Crippen LogP) is 1.84. The van der Waals surface area contributed by atoms with Crippen molar-refractivity contribution in [3.8, 4) is 0 Å². The monoisotopic (exact) mass is 257 g/mol. The van der Waals surface area contributed by atoms with Gasteiger partial charge in [-0.2, -0.15) is 0 Å². The van der Waals surface area contributed by atoms with Crippen molar-refractivity contribution in [2.45, 2.75) is 19.9 Å². The molecular weight excluding hydrogens is 246 g/mol. The minimum atomic E-state index is -0.664. The summed E-state index contributed by atoms with van der Waals surface area (Å²) in [6.45, 7) is 3.18. The number of anilines is 1. The third-order valence-electron chi connectivity index (χ3n) is 2.16. The first-order valence-corrected chi connectivity index (χ1v) is 5.21. The number of hydrogen-bond acceptors (Lipinski definition) is 4. The van der Waals surface area contributed by atoms with Gasteiger partial charge in [-0.25, -0.2) is 0 Å². The van der Waals surface area contributed by atoms with E-state index in [0.717, 1.165) is 0 Å². The van der Waals surface area contributed by atoms with Gasteiger partial charge in [-0.15, -0.1) is 0 Å². The Bertz CT molecular complexity index is 474. The Labute approximate surface area is 103 Å². The van der Waals surface area contributed by atoms with Gasteiger partial charge in [-0.1, -0.05) is 11.6 Å². The van der Waals surface area contributed by atoms with E-state index in [2.05, 4.69) is 5.32 Å². The summed E-state index contributed by atoms with van der Waals surface area (Å²) < 4.78 is 0. The molecule has 3 N–H and O–H groups in total. The van der Waals surface area contributed by atoms with Gasteiger partial charge in [-0.3, -0.25) is 14.9 Å². The summed E-state index contributed by atoms with van der Waals surface area (Å²) in [5, 5.41) is 13.1. The molecule has 1 atom stereocenters. The Morgan fingerprint density at radius 3 is 2.65 bits per heavy atom. The number of hydrogen-bond donors (Lipinski definition) is 2. The van der Waals surface area contributed by atoms with Gasteiger partial charge in [0.1, 0.15) is 5.02 Å². The van der Waals surface area contributed by atoms with Gasteiger partial charge in [0.2, 0.25) is 5.91 Å². The van der Waals surface area contributed by atoms with Crippen LogP contribution in [0.2, 0.25) is 5.02 Å². The second-order valence-electron chi connectivity index (χ2n) is 3.65. The Balaban J connectivity index is 3.08. The van der Waals surface area contributed by atoms with Crippen LogP contribution in [0.25, 0.3) is 0 Å². The van der Waals surface area contributed by atoms with E-state index in [1.807, 2.05) is 0 Å². The molecular formula is C10H12ClN3O3. The normalized spacial score (nSPS) is 12.0. The van der Waals surface area contributed by atoms with Crippen LogP contribution in [0.5, 0.6) is 0 Å². The van der Waals surface area contributed by atoms with E-state index in [1.165, 1.54) is 19.1 Å². The molecule has 0 saturated heterocycles. The van der Waals surface area contributed by atoms with Crippen LogP contribution in [0.4, 0.5) is 11.4 Å². The molecule has 1 aromatic rings. The maximum absolute atomic E-state index is 11.4. The van der Waals surface area contributed by atoms with E-state index in [1.54, 1.807) is 6.92 Å². The minimum Gasteiger partial charge on any atom is -0.324 e. The molecule has 1 amide bonds. The number of rotatable bonds is 3. The fraction of sp³-hybridized carbons (Fsp3) is 0.300. The van der Waals surface area contributed by atoms with Crippen molar-refractivity contribution in [2.24, 2.45) is 5.73 Å². The molecule has 0 aliphatic carbocycles. The zero-order valence-corrected chi connectivity index (χ0v) is 10.1. The van der Waals surface area contributed by atoms with Crippen LogP contribution in [0.15, 0.2) is 12.1 Å². The fourth-order valence-electron chi connectivity index (χ4n) is 1.19. The molecule has 0 bridgehead atoms. The third kappa shape index (κ3) is 3.15. The number of nitrogens with one attached hydrogen (secondary N) is 1. The largest absolute Gasteiger partial charge is 0.324 e. The number of benzene rings is 1. The zero-order valence-electron chi connectivity index (χ0n) is 9.36. The number of halogens is 1. The highest BCUT2D eigenvalue weighted by molar-refractivity contribution is 6.33. The minimum absolute atomic E-state index is 0.0272. The fourth-order valence-corrected chi connectivity index (χ4v) is 1.42. The van der Waals surface area contributed by atoms with Gasteiger partial charge in [0.05, 0.1) is 11.0 Å². The molecule has 0 saturated carbocycles. The quantitative estimate of drug-likeness (QED) is 0.638. The lowest BCUT2D eigenvalue weighted by Crippen LogP contribution is -2.32. The van der Waals surface area contributed by atoms with Crippen LogP contribution in [-0.2, 0) is 4.79 Å². The SMILES string of the molecule is Cc1cc([N+](=O)[O-])c(Cl)cc1NC(=O)C(C)N. The summed E-state index contributed by atoms with van der Waals surface area (Å²) in [5.41, 5.74) is 6.18. The van der Waals surface area contributed by atoms with Crippen LogP contribution in [0.3, 0.4) is 0 Å². The van der Waals surface area contributed by atoms with Crippen molar-refractivity contribution < 1.29 is 9.72 Å². The predicted molar refractivity (Wildman–Crippen MR) is 65.1 cm³/mol. The number of nitro groups is 1. The second kappa shape index (κ2) is 5.11. The average molecular weight is 258 g/mol.